The molecule has 3 nitrogen and oxygen atoms in total. The van der Waals surface area contributed by atoms with E-state index in [-0.39, 0.29) is 12.0 Å². The molecule has 0 aromatic rings. The van der Waals surface area contributed by atoms with Crippen molar-refractivity contribution in [3.63, 3.8) is 0 Å². The quantitative estimate of drug-likeness (QED) is 0.479. The van der Waals surface area contributed by atoms with Gasteiger partial charge in [0.15, 0.2) is 0 Å². The summed E-state index contributed by atoms with van der Waals surface area (Å²) >= 11 is 0. The fourth-order valence-electron chi connectivity index (χ4n) is 1.75. The Bertz CT molecular complexity index is 158. The Kier molecular flexibility index (Phi) is 1.38. The second-order valence-corrected chi connectivity index (χ2v) is 2.94. The molecule has 0 bridgehead atoms. The van der Waals surface area contributed by atoms with Crippen LogP contribution in [0.5, 0.6) is 0 Å². The van der Waals surface area contributed by atoms with Crippen LogP contribution in [-0.4, -0.2) is 25.2 Å². The van der Waals surface area contributed by atoms with E-state index in [0.29, 0.717) is 12.5 Å². The van der Waals surface area contributed by atoms with E-state index in [1.54, 1.807) is 0 Å². The van der Waals surface area contributed by atoms with Crippen LogP contribution >= 0.6 is 0 Å². The van der Waals surface area contributed by atoms with Crippen LogP contribution in [0.4, 0.5) is 0 Å². The van der Waals surface area contributed by atoms with Crippen molar-refractivity contribution in [2.45, 2.75) is 18.9 Å². The smallest absolute Gasteiger partial charge is 0.323 e. The third-order valence-corrected chi connectivity index (χ3v) is 2.34. The molecule has 2 saturated heterocycles. The normalized spacial score (nSPS) is 39.0. The number of rotatable bonds is 0. The largest absolute Gasteiger partial charge is 0.465 e. The van der Waals surface area contributed by atoms with Crippen LogP contribution in [0.25, 0.3) is 0 Å². The molecule has 0 aromatic carbocycles. The van der Waals surface area contributed by atoms with Crippen molar-refractivity contribution in [3.8, 4) is 0 Å². The van der Waals surface area contributed by atoms with Gasteiger partial charge in [0.05, 0.1) is 6.61 Å². The zero-order valence-corrected chi connectivity index (χ0v) is 5.80. The first-order chi connectivity index (χ1) is 4.88. The molecule has 2 atom stereocenters. The van der Waals surface area contributed by atoms with E-state index in [9.17, 15) is 4.79 Å². The molecule has 0 saturated carbocycles. The minimum absolute atomic E-state index is 0.0220. The molecule has 1 N–H and O–H groups in total. The van der Waals surface area contributed by atoms with Crippen molar-refractivity contribution < 1.29 is 9.53 Å². The second-order valence-electron chi connectivity index (χ2n) is 2.94. The summed E-state index contributed by atoms with van der Waals surface area (Å²) < 4.78 is 4.89. The number of esters is 1. The van der Waals surface area contributed by atoms with Gasteiger partial charge in [-0.1, -0.05) is 0 Å². The van der Waals surface area contributed by atoms with Crippen molar-refractivity contribution >= 4 is 5.97 Å². The van der Waals surface area contributed by atoms with Gasteiger partial charge in [-0.25, -0.2) is 0 Å². The maximum atomic E-state index is 11.0. The molecule has 56 valence electrons. The van der Waals surface area contributed by atoms with Gasteiger partial charge in [-0.2, -0.15) is 0 Å². The van der Waals surface area contributed by atoms with Crippen LogP contribution in [0.15, 0.2) is 0 Å². The number of fused-ring (bicyclic) bond motifs is 1. The standard InChI is InChI=1S/C7H11NO2/c9-7-6-5(1-3-8-6)2-4-10-7/h5-6,8H,1-4H2/t5-,6+/m0/s1. The van der Waals surface area contributed by atoms with Crippen LogP contribution in [0.1, 0.15) is 12.8 Å². The summed E-state index contributed by atoms with van der Waals surface area (Å²) in [6, 6.07) is 0.0220. The highest BCUT2D eigenvalue weighted by Gasteiger charge is 2.36. The molecule has 0 radical (unpaired) electrons. The van der Waals surface area contributed by atoms with Gasteiger partial charge in [-0.3, -0.25) is 4.79 Å². The van der Waals surface area contributed by atoms with Crippen molar-refractivity contribution in [2.24, 2.45) is 5.92 Å². The van der Waals surface area contributed by atoms with Gasteiger partial charge < -0.3 is 10.1 Å². The summed E-state index contributed by atoms with van der Waals surface area (Å²) in [4.78, 5) is 11.0. The Morgan fingerprint density at radius 1 is 1.50 bits per heavy atom. The summed E-state index contributed by atoms with van der Waals surface area (Å²) in [6.45, 7) is 1.60. The fraction of sp³-hybridized carbons (Fsp3) is 0.857. The lowest BCUT2D eigenvalue weighted by Gasteiger charge is -2.23. The highest BCUT2D eigenvalue weighted by molar-refractivity contribution is 5.77. The van der Waals surface area contributed by atoms with E-state index in [0.717, 1.165) is 19.4 Å². The molecule has 0 spiro atoms. The maximum absolute atomic E-state index is 11.0. The van der Waals surface area contributed by atoms with E-state index in [4.69, 9.17) is 4.74 Å². The molecule has 10 heavy (non-hydrogen) atoms. The number of hydrogen-bond acceptors (Lipinski definition) is 3. The molecule has 3 heteroatoms. The number of cyclic esters (lactones) is 1. The first-order valence-electron chi connectivity index (χ1n) is 3.78. The molecule has 2 aliphatic heterocycles. The van der Waals surface area contributed by atoms with Crippen molar-refractivity contribution in [1.29, 1.82) is 0 Å². The minimum atomic E-state index is -0.0475. The summed E-state index contributed by atoms with van der Waals surface area (Å²) in [5.41, 5.74) is 0. The van der Waals surface area contributed by atoms with Crippen LogP contribution in [0, 0.1) is 5.92 Å². The number of hydrogen-bond donors (Lipinski definition) is 1. The van der Waals surface area contributed by atoms with Gasteiger partial charge in [0.1, 0.15) is 6.04 Å². The van der Waals surface area contributed by atoms with E-state index in [1.165, 1.54) is 0 Å². The van der Waals surface area contributed by atoms with Gasteiger partial charge in [-0.15, -0.1) is 0 Å². The van der Waals surface area contributed by atoms with Crippen molar-refractivity contribution in [2.75, 3.05) is 13.2 Å². The second kappa shape index (κ2) is 2.23. The van der Waals surface area contributed by atoms with Crippen LogP contribution in [-0.2, 0) is 9.53 Å². The van der Waals surface area contributed by atoms with Crippen molar-refractivity contribution in [3.05, 3.63) is 0 Å². The fourth-order valence-corrected chi connectivity index (χ4v) is 1.75. The maximum Gasteiger partial charge on any atom is 0.323 e. The molecule has 2 heterocycles. The summed E-state index contributed by atoms with van der Waals surface area (Å²) in [5.74, 6) is 0.509. The molecule has 2 rings (SSSR count). The summed E-state index contributed by atoms with van der Waals surface area (Å²) in [5, 5.41) is 3.13. The molecule has 0 amide bonds. The van der Waals surface area contributed by atoms with Gasteiger partial charge >= 0.3 is 5.97 Å². The zero-order chi connectivity index (χ0) is 6.97. The molecule has 0 unspecified atom stereocenters. The Hall–Kier alpha value is -0.570. The highest BCUT2D eigenvalue weighted by atomic mass is 16.5. The van der Waals surface area contributed by atoms with Crippen LogP contribution < -0.4 is 5.32 Å². The number of ether oxygens (including phenoxy) is 1. The Morgan fingerprint density at radius 2 is 2.40 bits per heavy atom. The SMILES string of the molecule is O=C1OCC[C@@H]2CCN[C@@H]12. The van der Waals surface area contributed by atoms with E-state index in [2.05, 4.69) is 5.32 Å². The third-order valence-electron chi connectivity index (χ3n) is 2.34. The van der Waals surface area contributed by atoms with Gasteiger partial charge in [0, 0.05) is 0 Å². The Morgan fingerprint density at radius 3 is 3.20 bits per heavy atom. The lowest BCUT2D eigenvalue weighted by Crippen LogP contribution is -2.41. The predicted molar refractivity (Wildman–Crippen MR) is 35.5 cm³/mol. The number of nitrogens with one attached hydrogen (secondary N) is 1. The molecule has 2 aliphatic rings. The topological polar surface area (TPSA) is 38.3 Å². The van der Waals surface area contributed by atoms with Crippen molar-refractivity contribution in [1.82, 2.24) is 5.32 Å². The average Bonchev–Trinajstić information content (AvgIpc) is 2.36. The van der Waals surface area contributed by atoms with E-state index in [1.807, 2.05) is 0 Å². The molecule has 0 aromatic heterocycles. The zero-order valence-electron chi connectivity index (χ0n) is 5.80. The lowest BCUT2D eigenvalue weighted by atomic mass is 9.96. The molecule has 0 aliphatic carbocycles. The monoisotopic (exact) mass is 141 g/mol. The Balaban J connectivity index is 2.10. The summed E-state index contributed by atoms with van der Waals surface area (Å²) in [7, 11) is 0. The number of carbonyl (C=O) groups excluding carboxylic acids is 1. The first-order valence-corrected chi connectivity index (χ1v) is 3.78. The predicted octanol–water partition coefficient (Wildman–Crippen LogP) is -0.0886. The minimum Gasteiger partial charge on any atom is -0.465 e. The lowest BCUT2D eigenvalue weighted by molar-refractivity contribution is -0.151. The highest BCUT2D eigenvalue weighted by Crippen LogP contribution is 2.23. The van der Waals surface area contributed by atoms with E-state index >= 15 is 0 Å². The molecular weight excluding hydrogens is 130 g/mol. The van der Waals surface area contributed by atoms with Crippen LogP contribution in [0.2, 0.25) is 0 Å². The average molecular weight is 141 g/mol. The molecular formula is C7H11NO2. The van der Waals surface area contributed by atoms with Gasteiger partial charge in [-0.05, 0) is 25.3 Å². The third kappa shape index (κ3) is 0.814. The summed E-state index contributed by atoms with van der Waals surface area (Å²) in [6.07, 6.45) is 2.18. The van der Waals surface area contributed by atoms with Gasteiger partial charge in [0.2, 0.25) is 0 Å². The number of carbonyl (C=O) groups is 1. The Labute approximate surface area is 59.7 Å². The molecule has 2 fully saturated rings. The first kappa shape index (κ1) is 6.16. The van der Waals surface area contributed by atoms with E-state index < -0.39 is 0 Å². The van der Waals surface area contributed by atoms with Crippen LogP contribution in [0.3, 0.4) is 0 Å². The van der Waals surface area contributed by atoms with Gasteiger partial charge in [0.25, 0.3) is 0 Å².